The second kappa shape index (κ2) is 7.92. The van der Waals surface area contributed by atoms with Crippen LogP contribution >= 0.6 is 11.6 Å². The minimum absolute atomic E-state index is 0.00950. The Morgan fingerprint density at radius 3 is 2.89 bits per heavy atom. The van der Waals surface area contributed by atoms with Crippen LogP contribution in [0.2, 0.25) is 5.02 Å². The summed E-state index contributed by atoms with van der Waals surface area (Å²) in [5.41, 5.74) is 6.63. The summed E-state index contributed by atoms with van der Waals surface area (Å²) in [6.45, 7) is 1.09. The zero-order valence-electron chi connectivity index (χ0n) is 10.2. The number of hydrogen-bond acceptors (Lipinski definition) is 4. The maximum Gasteiger partial charge on any atom is 0.250 e. The van der Waals surface area contributed by atoms with Gasteiger partial charge >= 0.3 is 0 Å². The van der Waals surface area contributed by atoms with E-state index in [1.807, 2.05) is 0 Å². The molecule has 0 fully saturated rings. The van der Waals surface area contributed by atoms with Crippen LogP contribution in [-0.2, 0) is 14.3 Å². The topological polar surface area (TPSA) is 73.6 Å². The van der Waals surface area contributed by atoms with Crippen molar-refractivity contribution in [2.45, 2.75) is 6.42 Å². The van der Waals surface area contributed by atoms with Crippen molar-refractivity contribution in [3.05, 3.63) is 23.2 Å². The van der Waals surface area contributed by atoms with Gasteiger partial charge < -0.3 is 20.5 Å². The lowest BCUT2D eigenvalue weighted by Gasteiger charge is -2.08. The lowest BCUT2D eigenvalue weighted by molar-refractivity contribution is -0.120. The summed E-state index contributed by atoms with van der Waals surface area (Å²) in [5.74, 6) is -0.251. The zero-order chi connectivity index (χ0) is 13.4. The quantitative estimate of drug-likeness (QED) is 0.587. The van der Waals surface area contributed by atoms with E-state index in [1.54, 1.807) is 25.3 Å². The van der Waals surface area contributed by atoms with Gasteiger partial charge in [0.2, 0.25) is 5.91 Å². The van der Waals surface area contributed by atoms with Crippen LogP contribution in [0.25, 0.3) is 0 Å². The largest absolute Gasteiger partial charge is 0.399 e. The molecule has 5 nitrogen and oxygen atoms in total. The number of amides is 1. The number of ether oxygens (including phenoxy) is 2. The number of carbonyl (C=O) groups excluding carboxylic acids is 1. The predicted molar refractivity (Wildman–Crippen MR) is 71.8 cm³/mol. The minimum atomic E-state index is -0.251. The molecule has 1 aromatic rings. The summed E-state index contributed by atoms with van der Waals surface area (Å²) in [5, 5.41) is 3.05. The second-order valence-electron chi connectivity index (χ2n) is 3.69. The van der Waals surface area contributed by atoms with Crippen molar-refractivity contribution >= 4 is 28.9 Å². The van der Waals surface area contributed by atoms with Crippen LogP contribution in [0.1, 0.15) is 6.42 Å². The van der Waals surface area contributed by atoms with Crippen molar-refractivity contribution in [1.29, 1.82) is 0 Å². The minimum Gasteiger partial charge on any atom is -0.399 e. The molecule has 0 aromatic heterocycles. The van der Waals surface area contributed by atoms with Crippen molar-refractivity contribution in [2.24, 2.45) is 0 Å². The molecular weight excluding hydrogens is 256 g/mol. The molecule has 0 heterocycles. The number of halogens is 1. The standard InChI is InChI=1S/C12H17ClN2O3/c1-17-5-2-6-18-8-12(16)15-11-4-3-9(14)7-10(11)13/h3-4,7H,2,5-6,8,14H2,1H3,(H,15,16). The highest BCUT2D eigenvalue weighted by molar-refractivity contribution is 6.34. The number of rotatable bonds is 7. The molecule has 100 valence electrons. The van der Waals surface area contributed by atoms with Gasteiger partial charge in [-0.3, -0.25) is 4.79 Å². The van der Waals surface area contributed by atoms with Crippen LogP contribution in [0.3, 0.4) is 0 Å². The molecule has 3 N–H and O–H groups in total. The van der Waals surface area contributed by atoms with Gasteiger partial charge in [-0.05, 0) is 24.6 Å². The molecule has 0 bridgehead atoms. The van der Waals surface area contributed by atoms with E-state index in [9.17, 15) is 4.79 Å². The molecule has 0 saturated carbocycles. The summed E-state index contributed by atoms with van der Waals surface area (Å²) in [6, 6.07) is 4.90. The Labute approximate surface area is 111 Å². The molecular formula is C12H17ClN2O3. The van der Waals surface area contributed by atoms with Gasteiger partial charge in [-0.1, -0.05) is 11.6 Å². The summed E-state index contributed by atoms with van der Waals surface area (Å²) in [4.78, 5) is 11.5. The Kier molecular flexibility index (Phi) is 6.49. The van der Waals surface area contributed by atoms with E-state index in [4.69, 9.17) is 26.8 Å². The fourth-order valence-electron chi connectivity index (χ4n) is 1.29. The molecule has 6 heteroatoms. The third-order valence-electron chi connectivity index (χ3n) is 2.14. The Hall–Kier alpha value is -1.30. The Bertz CT molecular complexity index is 399. The average Bonchev–Trinajstić information content (AvgIpc) is 2.32. The molecule has 1 aromatic carbocycles. The third kappa shape index (κ3) is 5.35. The summed E-state index contributed by atoms with van der Waals surface area (Å²) in [7, 11) is 1.62. The van der Waals surface area contributed by atoms with E-state index in [2.05, 4.69) is 5.32 Å². The molecule has 0 saturated heterocycles. The highest BCUT2D eigenvalue weighted by Gasteiger charge is 2.06. The highest BCUT2D eigenvalue weighted by Crippen LogP contribution is 2.23. The molecule has 0 atom stereocenters. The number of hydrogen-bond donors (Lipinski definition) is 2. The van der Waals surface area contributed by atoms with Crippen LogP contribution in [0, 0.1) is 0 Å². The van der Waals surface area contributed by atoms with E-state index in [1.165, 1.54) is 0 Å². The molecule has 0 aliphatic carbocycles. The molecule has 0 radical (unpaired) electrons. The number of benzene rings is 1. The van der Waals surface area contributed by atoms with Gasteiger partial charge in [0.1, 0.15) is 6.61 Å². The summed E-state index contributed by atoms with van der Waals surface area (Å²) in [6.07, 6.45) is 0.756. The monoisotopic (exact) mass is 272 g/mol. The van der Waals surface area contributed by atoms with Crippen molar-refractivity contribution in [3.8, 4) is 0 Å². The zero-order valence-corrected chi connectivity index (χ0v) is 11.0. The number of anilines is 2. The van der Waals surface area contributed by atoms with Crippen LogP contribution in [0.4, 0.5) is 11.4 Å². The fourth-order valence-corrected chi connectivity index (χ4v) is 1.53. The normalized spacial score (nSPS) is 10.3. The SMILES string of the molecule is COCCCOCC(=O)Nc1ccc(N)cc1Cl. The average molecular weight is 273 g/mol. The van der Waals surface area contributed by atoms with Gasteiger partial charge in [0.15, 0.2) is 0 Å². The number of nitrogen functional groups attached to an aromatic ring is 1. The first-order valence-corrected chi connectivity index (χ1v) is 5.93. The first kappa shape index (κ1) is 14.8. The summed E-state index contributed by atoms with van der Waals surface area (Å²) < 4.78 is 10.0. The maximum atomic E-state index is 11.5. The molecule has 0 aliphatic heterocycles. The van der Waals surface area contributed by atoms with Crippen LogP contribution in [0.5, 0.6) is 0 Å². The molecule has 1 rings (SSSR count). The Balaban J connectivity index is 2.31. The number of carbonyl (C=O) groups is 1. The van der Waals surface area contributed by atoms with Crippen molar-refractivity contribution in [1.82, 2.24) is 0 Å². The van der Waals surface area contributed by atoms with E-state index >= 15 is 0 Å². The van der Waals surface area contributed by atoms with Crippen molar-refractivity contribution in [2.75, 3.05) is 38.0 Å². The first-order valence-electron chi connectivity index (χ1n) is 5.55. The Morgan fingerprint density at radius 1 is 1.44 bits per heavy atom. The van der Waals surface area contributed by atoms with Crippen molar-refractivity contribution < 1.29 is 14.3 Å². The first-order chi connectivity index (χ1) is 8.63. The van der Waals surface area contributed by atoms with Gasteiger partial charge in [0.05, 0.1) is 10.7 Å². The maximum absolute atomic E-state index is 11.5. The lowest BCUT2D eigenvalue weighted by atomic mass is 10.3. The molecule has 18 heavy (non-hydrogen) atoms. The van der Waals surface area contributed by atoms with E-state index < -0.39 is 0 Å². The number of methoxy groups -OCH3 is 1. The van der Waals surface area contributed by atoms with Gasteiger partial charge in [-0.2, -0.15) is 0 Å². The summed E-state index contributed by atoms with van der Waals surface area (Å²) >= 11 is 5.92. The van der Waals surface area contributed by atoms with Gasteiger partial charge in [-0.25, -0.2) is 0 Å². The lowest BCUT2D eigenvalue weighted by Crippen LogP contribution is -2.19. The predicted octanol–water partition coefficient (Wildman–Crippen LogP) is 1.91. The Morgan fingerprint density at radius 2 is 2.22 bits per heavy atom. The van der Waals surface area contributed by atoms with Crippen LogP contribution in [-0.4, -0.2) is 32.8 Å². The fraction of sp³-hybridized carbons (Fsp3) is 0.417. The van der Waals surface area contributed by atoms with Crippen LogP contribution < -0.4 is 11.1 Å². The molecule has 0 unspecified atom stereocenters. The highest BCUT2D eigenvalue weighted by atomic mass is 35.5. The molecule has 0 spiro atoms. The molecule has 1 amide bonds. The molecule has 0 aliphatic rings. The van der Waals surface area contributed by atoms with E-state index in [0.29, 0.717) is 29.6 Å². The smallest absolute Gasteiger partial charge is 0.250 e. The van der Waals surface area contributed by atoms with E-state index in [0.717, 1.165) is 6.42 Å². The third-order valence-corrected chi connectivity index (χ3v) is 2.45. The second-order valence-corrected chi connectivity index (χ2v) is 4.09. The van der Waals surface area contributed by atoms with Gasteiger partial charge in [0.25, 0.3) is 0 Å². The van der Waals surface area contributed by atoms with E-state index in [-0.39, 0.29) is 12.5 Å². The number of nitrogens with one attached hydrogen (secondary N) is 1. The van der Waals surface area contributed by atoms with Crippen molar-refractivity contribution in [3.63, 3.8) is 0 Å². The number of nitrogens with two attached hydrogens (primary N) is 1. The van der Waals surface area contributed by atoms with Gasteiger partial charge in [0, 0.05) is 26.0 Å². The van der Waals surface area contributed by atoms with Gasteiger partial charge in [-0.15, -0.1) is 0 Å². The van der Waals surface area contributed by atoms with Crippen LogP contribution in [0.15, 0.2) is 18.2 Å².